The van der Waals surface area contributed by atoms with Crippen molar-refractivity contribution >= 4 is 22.8 Å². The zero-order valence-corrected chi connectivity index (χ0v) is 11.9. The van der Waals surface area contributed by atoms with E-state index in [1.807, 2.05) is 11.5 Å². The Hall–Kier alpha value is -2.70. The highest BCUT2D eigenvalue weighted by molar-refractivity contribution is 6.05. The summed E-state index contributed by atoms with van der Waals surface area (Å²) < 4.78 is 15.2. The lowest BCUT2D eigenvalue weighted by Crippen LogP contribution is -2.16. The zero-order valence-electron chi connectivity index (χ0n) is 11.9. The van der Waals surface area contributed by atoms with Crippen LogP contribution in [0.4, 0.5) is 10.3 Å². The summed E-state index contributed by atoms with van der Waals surface area (Å²) >= 11 is 0. The maximum absolute atomic E-state index is 13.2. The molecule has 1 aliphatic rings. The molecule has 0 spiro atoms. The summed E-state index contributed by atoms with van der Waals surface area (Å²) in [5.74, 6) is 0.597. The molecule has 2 aromatic heterocycles. The highest BCUT2D eigenvalue weighted by Gasteiger charge is 2.29. The summed E-state index contributed by atoms with van der Waals surface area (Å²) in [6.45, 7) is 1.87. The third-order valence-electron chi connectivity index (χ3n) is 3.83. The van der Waals surface area contributed by atoms with Crippen LogP contribution in [0.5, 0.6) is 0 Å². The number of nitrogens with zero attached hydrogens (tertiary/aromatic N) is 3. The first-order chi connectivity index (χ1) is 10.6. The quantitative estimate of drug-likeness (QED) is 0.781. The molecule has 1 fully saturated rings. The van der Waals surface area contributed by atoms with Gasteiger partial charge in [-0.3, -0.25) is 14.7 Å². The number of nitrogens with one attached hydrogen (secondary N) is 2. The fourth-order valence-corrected chi connectivity index (χ4v) is 2.62. The van der Waals surface area contributed by atoms with E-state index in [0.29, 0.717) is 28.6 Å². The van der Waals surface area contributed by atoms with Gasteiger partial charge in [-0.1, -0.05) is 0 Å². The average molecular weight is 299 g/mol. The summed E-state index contributed by atoms with van der Waals surface area (Å²) in [4.78, 5) is 15.3. The number of aromatic nitrogens is 4. The lowest BCUT2D eigenvalue weighted by molar-refractivity contribution is 0.102. The number of hydrogen-bond donors (Lipinski definition) is 2. The molecule has 0 aliphatic heterocycles. The molecule has 1 saturated carbocycles. The number of aromatic amines is 1. The highest BCUT2D eigenvalue weighted by atomic mass is 19.1. The second-order valence-corrected chi connectivity index (χ2v) is 5.54. The number of rotatable bonds is 3. The van der Waals surface area contributed by atoms with Crippen LogP contribution < -0.4 is 5.32 Å². The molecule has 3 aromatic rings. The predicted molar refractivity (Wildman–Crippen MR) is 79.2 cm³/mol. The summed E-state index contributed by atoms with van der Waals surface area (Å²) in [6, 6.07) is 6.35. The molecule has 0 saturated heterocycles. The molecule has 22 heavy (non-hydrogen) atoms. The van der Waals surface area contributed by atoms with Crippen LogP contribution in [0.3, 0.4) is 0 Å². The third-order valence-corrected chi connectivity index (χ3v) is 3.83. The van der Waals surface area contributed by atoms with Crippen molar-refractivity contribution in [1.29, 1.82) is 0 Å². The van der Waals surface area contributed by atoms with Gasteiger partial charge in [-0.25, -0.2) is 4.39 Å². The fourth-order valence-electron chi connectivity index (χ4n) is 2.62. The summed E-state index contributed by atoms with van der Waals surface area (Å²) in [6.07, 6.45) is 2.15. The van der Waals surface area contributed by atoms with E-state index in [2.05, 4.69) is 20.5 Å². The number of aryl methyl sites for hydroxylation is 1. The van der Waals surface area contributed by atoms with E-state index in [4.69, 9.17) is 0 Å². The topological polar surface area (TPSA) is 75.6 Å². The van der Waals surface area contributed by atoms with Crippen LogP contribution in [-0.2, 0) is 0 Å². The Labute approximate surface area is 125 Å². The van der Waals surface area contributed by atoms with Gasteiger partial charge in [0, 0.05) is 16.9 Å². The minimum absolute atomic E-state index is 0.314. The number of benzene rings is 1. The molecule has 1 aliphatic carbocycles. The van der Waals surface area contributed by atoms with E-state index >= 15 is 0 Å². The highest BCUT2D eigenvalue weighted by Crippen LogP contribution is 2.37. The molecule has 112 valence electrons. The Bertz CT molecular complexity index is 877. The smallest absolute Gasteiger partial charge is 0.274 e. The molecule has 2 N–H and O–H groups in total. The molecule has 7 heteroatoms. The Morgan fingerprint density at radius 1 is 1.36 bits per heavy atom. The first kappa shape index (κ1) is 13.0. The molecule has 1 amide bonds. The maximum atomic E-state index is 13.2. The van der Waals surface area contributed by atoms with Gasteiger partial charge in [0.1, 0.15) is 17.3 Å². The summed E-state index contributed by atoms with van der Waals surface area (Å²) in [7, 11) is 0. The van der Waals surface area contributed by atoms with Crippen molar-refractivity contribution in [3.05, 3.63) is 41.6 Å². The van der Waals surface area contributed by atoms with Crippen molar-refractivity contribution in [1.82, 2.24) is 19.7 Å². The van der Waals surface area contributed by atoms with E-state index in [1.54, 1.807) is 12.1 Å². The largest absolute Gasteiger partial charge is 0.351 e. The van der Waals surface area contributed by atoms with Crippen LogP contribution in [0.2, 0.25) is 0 Å². The Kier molecular flexibility index (Phi) is 2.75. The van der Waals surface area contributed by atoms with Crippen LogP contribution >= 0.6 is 0 Å². The SMILES string of the molecule is Cc1nnc(NC(=O)c2cc3cc(F)ccc3[nH]2)n1C1CC1. The molecule has 6 nitrogen and oxygen atoms in total. The standard InChI is InChI=1S/C15H14FN5O/c1-8-19-20-15(21(8)11-3-4-11)18-14(22)13-7-9-6-10(16)2-5-12(9)17-13/h2,5-7,11,17H,3-4H2,1H3,(H,18,20,22). The van der Waals surface area contributed by atoms with Crippen LogP contribution in [0.15, 0.2) is 24.3 Å². The number of fused-ring (bicyclic) bond motifs is 1. The van der Waals surface area contributed by atoms with Gasteiger partial charge in [-0.05, 0) is 44.0 Å². The van der Waals surface area contributed by atoms with Gasteiger partial charge in [0.05, 0.1) is 0 Å². The van der Waals surface area contributed by atoms with Crippen LogP contribution in [0, 0.1) is 12.7 Å². The van der Waals surface area contributed by atoms with E-state index < -0.39 is 0 Å². The fraction of sp³-hybridized carbons (Fsp3) is 0.267. The van der Waals surface area contributed by atoms with Crippen LogP contribution in [0.25, 0.3) is 10.9 Å². The van der Waals surface area contributed by atoms with Gasteiger partial charge in [0.15, 0.2) is 0 Å². The van der Waals surface area contributed by atoms with Gasteiger partial charge >= 0.3 is 0 Å². The van der Waals surface area contributed by atoms with E-state index in [0.717, 1.165) is 18.7 Å². The van der Waals surface area contributed by atoms with Crippen molar-refractivity contribution in [2.45, 2.75) is 25.8 Å². The molecule has 2 heterocycles. The van der Waals surface area contributed by atoms with Crippen molar-refractivity contribution < 1.29 is 9.18 Å². The first-order valence-corrected chi connectivity index (χ1v) is 7.13. The molecule has 0 radical (unpaired) electrons. The number of carbonyl (C=O) groups excluding carboxylic acids is 1. The Morgan fingerprint density at radius 2 is 2.18 bits per heavy atom. The second kappa shape index (κ2) is 4.66. The lowest BCUT2D eigenvalue weighted by Gasteiger charge is -2.07. The first-order valence-electron chi connectivity index (χ1n) is 7.13. The van der Waals surface area contributed by atoms with E-state index in [-0.39, 0.29) is 11.7 Å². The van der Waals surface area contributed by atoms with E-state index in [9.17, 15) is 9.18 Å². The number of halogens is 1. The van der Waals surface area contributed by atoms with Gasteiger partial charge in [-0.15, -0.1) is 10.2 Å². The minimum atomic E-state index is -0.331. The number of anilines is 1. The Balaban J connectivity index is 1.63. The molecular formula is C15H14FN5O. The lowest BCUT2D eigenvalue weighted by atomic mass is 10.2. The van der Waals surface area contributed by atoms with Gasteiger partial charge in [0.25, 0.3) is 5.91 Å². The average Bonchev–Trinajstić information content (AvgIpc) is 3.12. The molecule has 0 atom stereocenters. The predicted octanol–water partition coefficient (Wildman–Crippen LogP) is 2.79. The molecule has 0 unspecified atom stereocenters. The van der Waals surface area contributed by atoms with Crippen molar-refractivity contribution in [2.24, 2.45) is 0 Å². The Morgan fingerprint density at radius 3 is 2.95 bits per heavy atom. The van der Waals surface area contributed by atoms with Crippen molar-refractivity contribution in [3.63, 3.8) is 0 Å². The van der Waals surface area contributed by atoms with Crippen LogP contribution in [0.1, 0.15) is 35.2 Å². The zero-order chi connectivity index (χ0) is 15.3. The monoisotopic (exact) mass is 299 g/mol. The molecule has 4 rings (SSSR count). The normalized spacial score (nSPS) is 14.5. The van der Waals surface area contributed by atoms with Crippen molar-refractivity contribution in [2.75, 3.05) is 5.32 Å². The summed E-state index contributed by atoms with van der Waals surface area (Å²) in [5, 5.41) is 11.5. The molecule has 1 aromatic carbocycles. The van der Waals surface area contributed by atoms with E-state index in [1.165, 1.54) is 12.1 Å². The number of carbonyl (C=O) groups is 1. The third kappa shape index (κ3) is 2.14. The van der Waals surface area contributed by atoms with Gasteiger partial charge < -0.3 is 4.98 Å². The summed E-state index contributed by atoms with van der Waals surface area (Å²) in [5.41, 5.74) is 1.08. The van der Waals surface area contributed by atoms with Gasteiger partial charge in [0.2, 0.25) is 5.95 Å². The number of amides is 1. The van der Waals surface area contributed by atoms with Crippen molar-refractivity contribution in [3.8, 4) is 0 Å². The second-order valence-electron chi connectivity index (χ2n) is 5.54. The number of H-pyrrole nitrogens is 1. The maximum Gasteiger partial charge on any atom is 0.274 e. The van der Waals surface area contributed by atoms with Crippen LogP contribution in [-0.4, -0.2) is 25.7 Å². The molecular weight excluding hydrogens is 285 g/mol. The van der Waals surface area contributed by atoms with Gasteiger partial charge in [-0.2, -0.15) is 0 Å². The molecule has 0 bridgehead atoms. The number of hydrogen-bond acceptors (Lipinski definition) is 3. The minimum Gasteiger partial charge on any atom is -0.351 e.